The van der Waals surface area contributed by atoms with Gasteiger partial charge >= 0.3 is 0 Å². The molecule has 0 bridgehead atoms. The van der Waals surface area contributed by atoms with Gasteiger partial charge in [0.25, 0.3) is 5.91 Å². The van der Waals surface area contributed by atoms with E-state index in [9.17, 15) is 9.18 Å². The van der Waals surface area contributed by atoms with Gasteiger partial charge in [-0.1, -0.05) is 30.0 Å². The maximum Gasteiger partial charge on any atom is 0.270 e. The van der Waals surface area contributed by atoms with Crippen molar-refractivity contribution in [1.29, 1.82) is 0 Å². The molecule has 1 saturated heterocycles. The molecule has 0 radical (unpaired) electrons. The highest BCUT2D eigenvalue weighted by molar-refractivity contribution is 8.27. The standard InChI is InChI=1S/C17H10FN5OS2/c18-13-6-11(3-4-14(13)22-10-20-9-21-22)7-15-16(24)23(17(25)26-15)12-2-1-5-19-8-12/h1-10H/b15-7-. The zero-order chi connectivity index (χ0) is 18.1. The molecule has 0 atom stereocenters. The number of hydrogen-bond donors (Lipinski definition) is 0. The molecule has 0 N–H and O–H groups in total. The fourth-order valence-electron chi connectivity index (χ4n) is 2.46. The molecule has 4 rings (SSSR count). The maximum atomic E-state index is 14.3. The number of benzene rings is 1. The van der Waals surface area contributed by atoms with Gasteiger partial charge in [-0.3, -0.25) is 14.7 Å². The molecular formula is C17H10FN5OS2. The number of carbonyl (C=O) groups excluding carboxylic acids is 1. The SMILES string of the molecule is O=C1/C(=C/c2ccc(-n3cncn3)c(F)c2)SC(=S)N1c1cccnc1. The van der Waals surface area contributed by atoms with Crippen LogP contribution in [0.15, 0.2) is 60.3 Å². The molecule has 9 heteroatoms. The van der Waals surface area contributed by atoms with Crippen LogP contribution in [0.2, 0.25) is 0 Å². The van der Waals surface area contributed by atoms with Crippen molar-refractivity contribution in [1.82, 2.24) is 19.7 Å². The number of halogens is 1. The van der Waals surface area contributed by atoms with Crippen molar-refractivity contribution in [3.8, 4) is 5.69 Å². The van der Waals surface area contributed by atoms with Crippen LogP contribution >= 0.6 is 24.0 Å². The predicted octanol–water partition coefficient (Wildman–Crippen LogP) is 3.21. The lowest BCUT2D eigenvalue weighted by Crippen LogP contribution is -2.27. The number of rotatable bonds is 3. The van der Waals surface area contributed by atoms with Crippen LogP contribution in [0.1, 0.15) is 5.56 Å². The molecule has 0 aliphatic carbocycles. The summed E-state index contributed by atoms with van der Waals surface area (Å²) in [6.07, 6.45) is 7.55. The summed E-state index contributed by atoms with van der Waals surface area (Å²) >= 11 is 6.47. The number of thiocarbonyl (C=S) groups is 1. The second-order valence-electron chi connectivity index (χ2n) is 5.28. The third-order valence-electron chi connectivity index (χ3n) is 3.63. The Hall–Kier alpha value is -2.91. The first-order chi connectivity index (χ1) is 12.6. The smallest absolute Gasteiger partial charge is 0.268 e. The summed E-state index contributed by atoms with van der Waals surface area (Å²) in [6.45, 7) is 0. The number of anilines is 1. The molecule has 0 spiro atoms. The van der Waals surface area contributed by atoms with Crippen molar-refractivity contribution in [3.05, 3.63) is 71.7 Å². The van der Waals surface area contributed by atoms with Gasteiger partial charge in [0, 0.05) is 6.20 Å². The van der Waals surface area contributed by atoms with E-state index in [2.05, 4.69) is 15.1 Å². The minimum Gasteiger partial charge on any atom is -0.268 e. The van der Waals surface area contributed by atoms with E-state index in [4.69, 9.17) is 12.2 Å². The highest BCUT2D eigenvalue weighted by Crippen LogP contribution is 2.35. The highest BCUT2D eigenvalue weighted by Gasteiger charge is 2.33. The molecule has 26 heavy (non-hydrogen) atoms. The van der Waals surface area contributed by atoms with Crippen LogP contribution in [0.3, 0.4) is 0 Å². The van der Waals surface area contributed by atoms with Crippen molar-refractivity contribution in [2.24, 2.45) is 0 Å². The Morgan fingerprint density at radius 1 is 1.23 bits per heavy atom. The Morgan fingerprint density at radius 3 is 2.81 bits per heavy atom. The number of thioether (sulfide) groups is 1. The highest BCUT2D eigenvalue weighted by atomic mass is 32.2. The van der Waals surface area contributed by atoms with Gasteiger partial charge < -0.3 is 0 Å². The number of pyridine rings is 1. The Bertz CT molecular complexity index is 1020. The average molecular weight is 383 g/mol. The minimum absolute atomic E-state index is 0.256. The summed E-state index contributed by atoms with van der Waals surface area (Å²) in [5, 5.41) is 3.91. The normalized spacial score (nSPS) is 15.9. The van der Waals surface area contributed by atoms with Gasteiger partial charge in [0.2, 0.25) is 0 Å². The van der Waals surface area contributed by atoms with Crippen LogP contribution < -0.4 is 4.90 Å². The van der Waals surface area contributed by atoms with Crippen molar-refractivity contribution >= 4 is 46.0 Å². The quantitative estimate of drug-likeness (QED) is 0.511. The minimum atomic E-state index is -0.466. The van der Waals surface area contributed by atoms with Gasteiger partial charge in [0.1, 0.15) is 24.2 Å². The Morgan fingerprint density at radius 2 is 2.12 bits per heavy atom. The fourth-order valence-corrected chi connectivity index (χ4v) is 3.76. The Balaban J connectivity index is 1.64. The monoisotopic (exact) mass is 383 g/mol. The molecule has 2 aromatic heterocycles. The van der Waals surface area contributed by atoms with Crippen LogP contribution in [0.4, 0.5) is 10.1 Å². The third kappa shape index (κ3) is 3.02. The van der Waals surface area contributed by atoms with Crippen LogP contribution in [0, 0.1) is 5.82 Å². The summed E-state index contributed by atoms with van der Waals surface area (Å²) in [4.78, 5) is 22.3. The van der Waals surface area contributed by atoms with E-state index in [1.165, 1.54) is 40.1 Å². The van der Waals surface area contributed by atoms with Crippen molar-refractivity contribution < 1.29 is 9.18 Å². The summed E-state index contributed by atoms with van der Waals surface area (Å²) in [5.41, 5.74) is 1.44. The number of aromatic nitrogens is 4. The molecule has 128 valence electrons. The second kappa shape index (κ2) is 6.77. The number of amides is 1. The average Bonchev–Trinajstić information content (AvgIpc) is 3.25. The van der Waals surface area contributed by atoms with E-state index in [1.54, 1.807) is 42.7 Å². The van der Waals surface area contributed by atoms with Crippen LogP contribution in [-0.4, -0.2) is 30.0 Å². The first-order valence-electron chi connectivity index (χ1n) is 7.46. The van der Waals surface area contributed by atoms with Crippen molar-refractivity contribution in [2.75, 3.05) is 4.90 Å². The van der Waals surface area contributed by atoms with E-state index in [1.807, 2.05) is 0 Å². The first-order valence-corrected chi connectivity index (χ1v) is 8.68. The summed E-state index contributed by atoms with van der Waals surface area (Å²) in [6, 6.07) is 8.12. The van der Waals surface area contributed by atoms with Crippen molar-refractivity contribution in [2.45, 2.75) is 0 Å². The van der Waals surface area contributed by atoms with E-state index < -0.39 is 5.82 Å². The van der Waals surface area contributed by atoms with Crippen LogP contribution in [0.25, 0.3) is 11.8 Å². The van der Waals surface area contributed by atoms with Gasteiger partial charge in [-0.2, -0.15) is 5.10 Å². The second-order valence-corrected chi connectivity index (χ2v) is 6.96. The lowest BCUT2D eigenvalue weighted by molar-refractivity contribution is -0.113. The largest absolute Gasteiger partial charge is 0.270 e. The van der Waals surface area contributed by atoms with Gasteiger partial charge in [0.05, 0.1) is 16.8 Å². The lowest BCUT2D eigenvalue weighted by Gasteiger charge is -2.13. The van der Waals surface area contributed by atoms with Crippen LogP contribution in [-0.2, 0) is 4.79 Å². The maximum absolute atomic E-state index is 14.3. The fraction of sp³-hybridized carbons (Fsp3) is 0. The molecule has 6 nitrogen and oxygen atoms in total. The van der Waals surface area contributed by atoms with E-state index in [0.29, 0.717) is 20.5 Å². The Kier molecular flexibility index (Phi) is 4.31. The molecule has 0 saturated carbocycles. The van der Waals surface area contributed by atoms with Gasteiger partial charge in [-0.15, -0.1) is 0 Å². The van der Waals surface area contributed by atoms with E-state index in [-0.39, 0.29) is 11.6 Å². The summed E-state index contributed by atoms with van der Waals surface area (Å²) in [5.74, 6) is -0.722. The zero-order valence-corrected chi connectivity index (χ0v) is 14.7. The molecular weight excluding hydrogens is 373 g/mol. The molecule has 1 aliphatic heterocycles. The predicted molar refractivity (Wildman–Crippen MR) is 101 cm³/mol. The van der Waals surface area contributed by atoms with E-state index >= 15 is 0 Å². The van der Waals surface area contributed by atoms with Crippen molar-refractivity contribution in [3.63, 3.8) is 0 Å². The van der Waals surface area contributed by atoms with E-state index in [0.717, 1.165) is 0 Å². The molecule has 1 amide bonds. The zero-order valence-electron chi connectivity index (χ0n) is 13.1. The van der Waals surface area contributed by atoms with Gasteiger partial charge in [-0.25, -0.2) is 14.1 Å². The molecule has 3 heterocycles. The number of carbonyl (C=O) groups is 1. The number of nitrogens with zero attached hydrogens (tertiary/aromatic N) is 5. The molecule has 1 aliphatic rings. The number of hydrogen-bond acceptors (Lipinski definition) is 6. The third-order valence-corrected chi connectivity index (χ3v) is 4.94. The van der Waals surface area contributed by atoms with Gasteiger partial charge in [-0.05, 0) is 35.9 Å². The van der Waals surface area contributed by atoms with Gasteiger partial charge in [0.15, 0.2) is 4.32 Å². The molecule has 3 aromatic rings. The topological polar surface area (TPSA) is 63.9 Å². The summed E-state index contributed by atoms with van der Waals surface area (Å²) < 4.78 is 16.1. The molecule has 0 unspecified atom stereocenters. The first kappa shape index (κ1) is 16.6. The molecule has 1 aromatic carbocycles. The summed E-state index contributed by atoms with van der Waals surface area (Å²) in [7, 11) is 0. The van der Waals surface area contributed by atoms with Crippen LogP contribution in [0.5, 0.6) is 0 Å². The Labute approximate surface area is 157 Å². The molecule has 1 fully saturated rings. The lowest BCUT2D eigenvalue weighted by atomic mass is 10.1.